The third-order valence-corrected chi connectivity index (χ3v) is 1.53. The Hall–Kier alpha value is -0.370. The Morgan fingerprint density at radius 2 is 2.08 bits per heavy atom. The number of esters is 1. The van der Waals surface area contributed by atoms with Crippen LogP contribution in [0.1, 0.15) is 6.92 Å². The molecule has 0 aliphatic rings. The van der Waals surface area contributed by atoms with Gasteiger partial charge >= 0.3 is 11.9 Å². The van der Waals surface area contributed by atoms with Gasteiger partial charge in [0.25, 0.3) is 0 Å². The largest absolute Gasteiger partial charge is 0.480 e. The first-order valence-electron chi connectivity index (χ1n) is 3.64. The van der Waals surface area contributed by atoms with E-state index in [2.05, 4.69) is 4.74 Å². The minimum Gasteiger partial charge on any atom is -0.480 e. The highest BCUT2D eigenvalue weighted by Gasteiger charge is 2.09. The quantitative estimate of drug-likeness (QED) is 0.334. The van der Waals surface area contributed by atoms with Gasteiger partial charge in [0, 0.05) is 0 Å². The van der Waals surface area contributed by atoms with Crippen LogP contribution in [0.5, 0.6) is 0 Å². The predicted molar refractivity (Wildman–Crippen MR) is 52.9 cm³/mol. The maximum atomic E-state index is 10.8. The summed E-state index contributed by atoms with van der Waals surface area (Å²) in [5, 5.41) is 8.18. The Morgan fingerprint density at radius 3 is 2.54 bits per heavy atom. The van der Waals surface area contributed by atoms with E-state index in [0.29, 0.717) is 0 Å². The van der Waals surface area contributed by atoms with Gasteiger partial charge in [0.1, 0.15) is 17.1 Å². The second kappa shape index (κ2) is 7.07. The molecule has 0 aliphatic heterocycles. The summed E-state index contributed by atoms with van der Waals surface area (Å²) in [4.78, 5) is 20.8. The van der Waals surface area contributed by atoms with Crippen molar-refractivity contribution in [3.63, 3.8) is 0 Å². The van der Waals surface area contributed by atoms with Gasteiger partial charge in [-0.05, 0) is 6.92 Å². The molecule has 1 atom stereocenters. The molecule has 0 amide bonds. The fourth-order valence-corrected chi connectivity index (χ4v) is 0.655. The van der Waals surface area contributed by atoms with Gasteiger partial charge < -0.3 is 14.6 Å². The molecule has 76 valence electrons. The van der Waals surface area contributed by atoms with Crippen molar-refractivity contribution in [1.82, 2.24) is 0 Å². The van der Waals surface area contributed by atoms with E-state index in [1.54, 1.807) is 6.92 Å². The van der Waals surface area contributed by atoms with E-state index in [4.69, 9.17) is 9.84 Å². The maximum Gasteiger partial charge on any atom is 0.329 e. The summed E-state index contributed by atoms with van der Waals surface area (Å²) >= 11 is 1.93. The van der Waals surface area contributed by atoms with Crippen molar-refractivity contribution < 1.29 is 24.2 Å². The molecule has 0 fully saturated rings. The lowest BCUT2D eigenvalue weighted by Crippen LogP contribution is -2.18. The molecule has 0 aromatic rings. The normalized spacial score (nSPS) is 12.2. The summed E-state index contributed by atoms with van der Waals surface area (Å²) in [5.74, 6) is -1.35. The Kier molecular flexibility index (Phi) is 6.87. The Bertz CT molecular complexity index is 180. The summed E-state index contributed by atoms with van der Waals surface area (Å²) in [5.41, 5.74) is 0. The molecule has 13 heavy (non-hydrogen) atoms. The van der Waals surface area contributed by atoms with Gasteiger partial charge in [-0.2, -0.15) is 0 Å². The third kappa shape index (κ3) is 7.97. The molecule has 0 saturated carbocycles. The number of carbonyl (C=O) groups excluding carboxylic acids is 1. The Balaban J connectivity index is 3.26. The number of halogens is 1. The maximum absolute atomic E-state index is 10.8. The molecule has 0 bridgehead atoms. The van der Waals surface area contributed by atoms with Crippen molar-refractivity contribution in [3.8, 4) is 0 Å². The molecular weight excluding hydrogens is 291 g/mol. The Labute approximate surface area is 89.5 Å². The van der Waals surface area contributed by atoms with Gasteiger partial charge in [-0.15, -0.1) is 0 Å². The first kappa shape index (κ1) is 12.6. The van der Waals surface area contributed by atoms with E-state index in [9.17, 15) is 9.59 Å². The first-order valence-corrected chi connectivity index (χ1v) is 4.89. The second-order valence-corrected chi connectivity index (χ2v) is 4.10. The summed E-state index contributed by atoms with van der Waals surface area (Å²) in [6.07, 6.45) is 0. The summed E-state index contributed by atoms with van der Waals surface area (Å²) in [7, 11) is 0. The van der Waals surface area contributed by atoms with Crippen molar-refractivity contribution in [2.75, 3.05) is 19.8 Å². The molecule has 0 heterocycles. The van der Waals surface area contributed by atoms with Crippen LogP contribution in [0.25, 0.3) is 0 Å². The van der Waals surface area contributed by atoms with Crippen LogP contribution in [0, 0.1) is 0 Å². The SMILES string of the molecule is CC(I)C(=O)OCCOCC(=O)O. The number of ether oxygens (including phenoxy) is 2. The third-order valence-electron chi connectivity index (χ3n) is 1.02. The molecular formula is C7H11IO5. The molecule has 0 aromatic carbocycles. The lowest BCUT2D eigenvalue weighted by atomic mass is 10.5. The number of carbonyl (C=O) groups is 2. The Morgan fingerprint density at radius 1 is 1.46 bits per heavy atom. The van der Waals surface area contributed by atoms with Crippen molar-refractivity contribution in [2.24, 2.45) is 0 Å². The molecule has 5 nitrogen and oxygen atoms in total. The van der Waals surface area contributed by atoms with Crippen LogP contribution < -0.4 is 0 Å². The van der Waals surface area contributed by atoms with Gasteiger partial charge in [-0.1, -0.05) is 22.6 Å². The molecule has 0 spiro atoms. The van der Waals surface area contributed by atoms with Gasteiger partial charge in [0.05, 0.1) is 6.61 Å². The summed E-state index contributed by atoms with van der Waals surface area (Å²) < 4.78 is 9.17. The van der Waals surface area contributed by atoms with Gasteiger partial charge in [-0.3, -0.25) is 4.79 Å². The van der Waals surface area contributed by atoms with Crippen LogP contribution >= 0.6 is 22.6 Å². The molecule has 0 radical (unpaired) electrons. The van der Waals surface area contributed by atoms with Gasteiger partial charge in [0.15, 0.2) is 0 Å². The zero-order chi connectivity index (χ0) is 10.3. The number of carboxylic acid groups (broad SMARTS) is 1. The number of aliphatic carboxylic acids is 1. The smallest absolute Gasteiger partial charge is 0.329 e. The van der Waals surface area contributed by atoms with E-state index >= 15 is 0 Å². The number of hydrogen-bond acceptors (Lipinski definition) is 4. The van der Waals surface area contributed by atoms with E-state index in [1.165, 1.54) is 0 Å². The molecule has 0 aliphatic carbocycles. The van der Waals surface area contributed by atoms with E-state index < -0.39 is 5.97 Å². The van der Waals surface area contributed by atoms with Crippen LogP contribution in [0.4, 0.5) is 0 Å². The average Bonchev–Trinajstić information content (AvgIpc) is 2.02. The standard InChI is InChI=1S/C7H11IO5/c1-5(8)7(11)13-3-2-12-4-6(9)10/h5H,2-4H2,1H3,(H,9,10). The van der Waals surface area contributed by atoms with E-state index in [1.807, 2.05) is 22.6 Å². The van der Waals surface area contributed by atoms with Crippen molar-refractivity contribution in [1.29, 1.82) is 0 Å². The van der Waals surface area contributed by atoms with Crippen molar-refractivity contribution >= 4 is 34.5 Å². The predicted octanol–water partition coefficient (Wildman–Crippen LogP) is 0.454. The fraction of sp³-hybridized carbons (Fsp3) is 0.714. The second-order valence-electron chi connectivity index (χ2n) is 2.23. The lowest BCUT2D eigenvalue weighted by Gasteiger charge is -2.05. The number of alkyl halides is 1. The van der Waals surface area contributed by atoms with Crippen LogP contribution in [0.15, 0.2) is 0 Å². The van der Waals surface area contributed by atoms with Gasteiger partial charge in [-0.25, -0.2) is 4.79 Å². The average molecular weight is 302 g/mol. The van der Waals surface area contributed by atoms with E-state index in [-0.39, 0.29) is 29.7 Å². The highest BCUT2D eigenvalue weighted by Crippen LogP contribution is 2.00. The highest BCUT2D eigenvalue weighted by atomic mass is 127. The molecule has 6 heteroatoms. The topological polar surface area (TPSA) is 72.8 Å². The summed E-state index contributed by atoms with van der Waals surface area (Å²) in [6.45, 7) is 1.55. The number of hydrogen-bond donors (Lipinski definition) is 1. The first-order chi connectivity index (χ1) is 6.04. The minimum atomic E-state index is -1.03. The van der Waals surface area contributed by atoms with Crippen LogP contribution in [0.2, 0.25) is 0 Å². The van der Waals surface area contributed by atoms with Gasteiger partial charge in [0.2, 0.25) is 0 Å². The monoisotopic (exact) mass is 302 g/mol. The highest BCUT2D eigenvalue weighted by molar-refractivity contribution is 14.1. The molecule has 1 N–H and O–H groups in total. The molecule has 0 saturated heterocycles. The van der Waals surface area contributed by atoms with Crippen molar-refractivity contribution in [3.05, 3.63) is 0 Å². The molecule has 0 aromatic heterocycles. The van der Waals surface area contributed by atoms with Crippen LogP contribution in [-0.2, 0) is 19.1 Å². The van der Waals surface area contributed by atoms with Crippen LogP contribution in [-0.4, -0.2) is 40.8 Å². The number of carboxylic acids is 1. The fourth-order valence-electron chi connectivity index (χ4n) is 0.475. The number of rotatable bonds is 6. The lowest BCUT2D eigenvalue weighted by molar-refractivity contribution is -0.146. The molecule has 1 unspecified atom stereocenters. The summed E-state index contributed by atoms with van der Waals surface area (Å²) in [6, 6.07) is 0. The zero-order valence-electron chi connectivity index (χ0n) is 7.16. The molecule has 0 rings (SSSR count). The van der Waals surface area contributed by atoms with E-state index in [0.717, 1.165) is 0 Å². The van der Waals surface area contributed by atoms with Crippen molar-refractivity contribution in [2.45, 2.75) is 10.8 Å². The zero-order valence-corrected chi connectivity index (χ0v) is 9.31. The van der Waals surface area contributed by atoms with Crippen LogP contribution in [0.3, 0.4) is 0 Å². The minimum absolute atomic E-state index is 0.0967.